The molecule has 0 saturated heterocycles. The highest BCUT2D eigenvalue weighted by Gasteiger charge is 2.45. The van der Waals surface area contributed by atoms with E-state index in [9.17, 15) is 0 Å². The largest absolute Gasteiger partial charge is 0.0843 e. The lowest BCUT2D eigenvalue weighted by molar-refractivity contribution is 0.601. The van der Waals surface area contributed by atoms with E-state index < -0.39 is 0 Å². The first-order chi connectivity index (χ1) is 11.8. The molecule has 0 radical (unpaired) electrons. The second-order valence-electron chi connectivity index (χ2n) is 8.40. The molecule has 0 unspecified atom stereocenters. The van der Waals surface area contributed by atoms with Crippen molar-refractivity contribution in [3.8, 4) is 22.3 Å². The fourth-order valence-electron chi connectivity index (χ4n) is 5.17. The predicted octanol–water partition coefficient (Wildman–Crippen LogP) is 6.95. The molecule has 2 aliphatic rings. The topological polar surface area (TPSA) is 0 Å². The molecule has 0 heterocycles. The maximum Gasteiger partial charge on any atom is 0.0412 e. The number of hydrogen-bond acceptors (Lipinski definition) is 0. The third-order valence-corrected chi connectivity index (χ3v) is 6.53. The molecule has 0 aromatic heterocycles. The molecule has 0 aliphatic heterocycles. The van der Waals surface area contributed by atoms with Gasteiger partial charge >= 0.3 is 0 Å². The van der Waals surface area contributed by atoms with Crippen LogP contribution in [0.25, 0.3) is 22.3 Å². The van der Waals surface area contributed by atoms with Crippen LogP contribution in [0.3, 0.4) is 0 Å². The van der Waals surface area contributed by atoms with Gasteiger partial charge in [0.25, 0.3) is 0 Å². The molecule has 124 valence electrons. The Balaban J connectivity index is 1.91. The highest BCUT2D eigenvalue weighted by atomic mass is 35.5. The Kier molecular flexibility index (Phi) is 2.78. The third kappa shape index (κ3) is 1.74. The van der Waals surface area contributed by atoms with Crippen LogP contribution in [-0.4, -0.2) is 0 Å². The summed E-state index contributed by atoms with van der Waals surface area (Å²) in [4.78, 5) is 0. The lowest BCUT2D eigenvalue weighted by Crippen LogP contribution is -2.24. The maximum absolute atomic E-state index is 6.33. The van der Waals surface area contributed by atoms with Gasteiger partial charge in [-0.2, -0.15) is 0 Å². The van der Waals surface area contributed by atoms with Gasteiger partial charge in [-0.3, -0.25) is 0 Å². The van der Waals surface area contributed by atoms with Gasteiger partial charge in [-0.15, -0.1) is 0 Å². The van der Waals surface area contributed by atoms with Crippen molar-refractivity contribution in [2.75, 3.05) is 0 Å². The van der Waals surface area contributed by atoms with E-state index >= 15 is 0 Å². The number of hydrogen-bond donors (Lipinski definition) is 0. The second kappa shape index (κ2) is 4.56. The summed E-state index contributed by atoms with van der Waals surface area (Å²) in [6.07, 6.45) is 0. The van der Waals surface area contributed by atoms with Crippen LogP contribution in [0.15, 0.2) is 54.6 Å². The van der Waals surface area contributed by atoms with E-state index in [0.29, 0.717) is 0 Å². The Bertz CT molecular complexity index is 1050. The summed E-state index contributed by atoms with van der Waals surface area (Å²) in [7, 11) is 0. The summed E-state index contributed by atoms with van der Waals surface area (Å²) in [6, 6.07) is 19.8. The first-order valence-electron chi connectivity index (χ1n) is 8.92. The molecule has 1 heteroatoms. The van der Waals surface area contributed by atoms with Crippen molar-refractivity contribution in [1.29, 1.82) is 0 Å². The third-order valence-electron chi connectivity index (χ3n) is 6.29. The summed E-state index contributed by atoms with van der Waals surface area (Å²) in [5.74, 6) is 0. The standard InChI is InChI=1S/C24H21Cl/c1-23(2)19-8-6-5-7-15(19)16-10-11-17-18-13-14(25)9-12-20(18)24(3,4)22(17)21(16)23/h5-13H,1-4H3. The SMILES string of the molecule is CC1(C)c2ccccc2-c2ccc3c(c21)C(C)(C)c1ccc(Cl)cc1-3. The van der Waals surface area contributed by atoms with Crippen molar-refractivity contribution in [3.63, 3.8) is 0 Å². The van der Waals surface area contributed by atoms with Crippen LogP contribution in [-0.2, 0) is 10.8 Å². The van der Waals surface area contributed by atoms with Gasteiger partial charge in [-0.05, 0) is 56.6 Å². The molecule has 3 aromatic carbocycles. The minimum Gasteiger partial charge on any atom is -0.0843 e. The van der Waals surface area contributed by atoms with Gasteiger partial charge in [0.05, 0.1) is 0 Å². The van der Waals surface area contributed by atoms with Crippen molar-refractivity contribution in [3.05, 3.63) is 81.9 Å². The molecule has 0 atom stereocenters. The Hall–Kier alpha value is -2.05. The van der Waals surface area contributed by atoms with Crippen LogP contribution in [0.2, 0.25) is 5.02 Å². The molecular weight excluding hydrogens is 324 g/mol. The highest BCUT2D eigenvalue weighted by molar-refractivity contribution is 6.31. The van der Waals surface area contributed by atoms with Crippen molar-refractivity contribution in [1.82, 2.24) is 0 Å². The predicted molar refractivity (Wildman–Crippen MR) is 107 cm³/mol. The summed E-state index contributed by atoms with van der Waals surface area (Å²) < 4.78 is 0. The monoisotopic (exact) mass is 344 g/mol. The van der Waals surface area contributed by atoms with Gasteiger partial charge in [0.15, 0.2) is 0 Å². The quantitative estimate of drug-likeness (QED) is 0.413. The molecule has 2 aliphatic carbocycles. The van der Waals surface area contributed by atoms with Gasteiger partial charge in [-0.1, -0.05) is 81.8 Å². The van der Waals surface area contributed by atoms with Crippen molar-refractivity contribution in [2.45, 2.75) is 38.5 Å². The second-order valence-corrected chi connectivity index (χ2v) is 8.83. The van der Waals surface area contributed by atoms with Gasteiger partial charge in [0.1, 0.15) is 0 Å². The summed E-state index contributed by atoms with van der Waals surface area (Å²) in [6.45, 7) is 9.43. The number of rotatable bonds is 0. The van der Waals surface area contributed by atoms with Crippen LogP contribution in [0, 0.1) is 0 Å². The van der Waals surface area contributed by atoms with Crippen LogP contribution >= 0.6 is 11.6 Å². The van der Waals surface area contributed by atoms with Crippen LogP contribution < -0.4 is 0 Å². The molecular formula is C24H21Cl. The lowest BCUT2D eigenvalue weighted by atomic mass is 9.72. The lowest BCUT2D eigenvalue weighted by Gasteiger charge is -2.30. The van der Waals surface area contributed by atoms with E-state index in [1.807, 2.05) is 6.07 Å². The van der Waals surface area contributed by atoms with Gasteiger partial charge in [0.2, 0.25) is 0 Å². The highest BCUT2D eigenvalue weighted by Crippen LogP contribution is 2.58. The molecule has 0 spiro atoms. The van der Waals surface area contributed by atoms with Crippen molar-refractivity contribution in [2.24, 2.45) is 0 Å². The number of halogens is 1. The zero-order valence-electron chi connectivity index (χ0n) is 15.1. The average molecular weight is 345 g/mol. The molecule has 0 bridgehead atoms. The van der Waals surface area contributed by atoms with Crippen LogP contribution in [0.5, 0.6) is 0 Å². The van der Waals surface area contributed by atoms with Gasteiger partial charge < -0.3 is 0 Å². The number of fused-ring (bicyclic) bond motifs is 7. The normalized spacial score (nSPS) is 17.6. The Morgan fingerprint density at radius 3 is 1.84 bits per heavy atom. The van der Waals surface area contributed by atoms with Crippen LogP contribution in [0.4, 0.5) is 0 Å². The molecule has 0 nitrogen and oxygen atoms in total. The molecule has 5 rings (SSSR count). The summed E-state index contributed by atoms with van der Waals surface area (Å²) in [5, 5.41) is 0.811. The molecule has 0 amide bonds. The summed E-state index contributed by atoms with van der Waals surface area (Å²) >= 11 is 6.33. The van der Waals surface area contributed by atoms with Crippen molar-refractivity contribution >= 4 is 11.6 Å². The van der Waals surface area contributed by atoms with Gasteiger partial charge in [0, 0.05) is 15.9 Å². The Morgan fingerprint density at radius 1 is 0.600 bits per heavy atom. The fourth-order valence-corrected chi connectivity index (χ4v) is 5.34. The van der Waals surface area contributed by atoms with E-state index in [4.69, 9.17) is 11.6 Å². The molecule has 0 N–H and O–H groups in total. The van der Waals surface area contributed by atoms with E-state index in [0.717, 1.165) is 5.02 Å². The molecule has 0 saturated carbocycles. The Morgan fingerprint density at radius 2 is 1.16 bits per heavy atom. The summed E-state index contributed by atoms with van der Waals surface area (Å²) in [5.41, 5.74) is 11.2. The van der Waals surface area contributed by atoms with E-state index in [1.54, 1.807) is 0 Å². The zero-order valence-corrected chi connectivity index (χ0v) is 15.8. The molecule has 25 heavy (non-hydrogen) atoms. The van der Waals surface area contributed by atoms with Gasteiger partial charge in [-0.25, -0.2) is 0 Å². The molecule has 3 aromatic rings. The van der Waals surface area contributed by atoms with Crippen molar-refractivity contribution < 1.29 is 0 Å². The van der Waals surface area contributed by atoms with E-state index in [1.165, 1.54) is 44.5 Å². The fraction of sp³-hybridized carbons (Fsp3) is 0.250. The van der Waals surface area contributed by atoms with Crippen LogP contribution in [0.1, 0.15) is 49.9 Å². The molecule has 0 fully saturated rings. The van der Waals surface area contributed by atoms with E-state index in [-0.39, 0.29) is 10.8 Å². The minimum absolute atomic E-state index is 0.0140. The first kappa shape index (κ1) is 15.2. The average Bonchev–Trinajstić information content (AvgIpc) is 2.95. The first-order valence-corrected chi connectivity index (χ1v) is 9.29. The van der Waals surface area contributed by atoms with E-state index in [2.05, 4.69) is 76.2 Å². The maximum atomic E-state index is 6.33. The minimum atomic E-state index is -0.0140. The zero-order chi connectivity index (χ0) is 17.6. The number of benzene rings is 3. The Labute approximate surface area is 154 Å². The smallest absolute Gasteiger partial charge is 0.0412 e.